The number of pyridine rings is 1. The average Bonchev–Trinajstić information content (AvgIpc) is 3.54. The number of halogens is 3. The number of nitrogens with zero attached hydrogens (tertiary/aromatic N) is 4. The van der Waals surface area contributed by atoms with Crippen molar-refractivity contribution < 1.29 is 27.8 Å². The lowest BCUT2D eigenvalue weighted by atomic mass is 10.1. The molecule has 9 nitrogen and oxygen atoms in total. The minimum absolute atomic E-state index is 0.327. The van der Waals surface area contributed by atoms with Gasteiger partial charge in [0.15, 0.2) is 0 Å². The van der Waals surface area contributed by atoms with E-state index in [0.717, 1.165) is 51.9 Å². The number of aromatic nitrogens is 4. The summed E-state index contributed by atoms with van der Waals surface area (Å²) >= 11 is 0. The lowest BCUT2D eigenvalue weighted by molar-refractivity contribution is -0.192. The zero-order valence-corrected chi connectivity index (χ0v) is 21.0. The molecule has 200 valence electrons. The number of carboxylic acid groups (broad SMARTS) is 1. The van der Waals surface area contributed by atoms with Gasteiger partial charge in [0.05, 0.1) is 34.1 Å². The zero-order chi connectivity index (χ0) is 27.6. The number of methoxy groups -OCH3 is 1. The van der Waals surface area contributed by atoms with Crippen molar-refractivity contribution in [2.45, 2.75) is 31.6 Å². The molecule has 1 fully saturated rings. The molecule has 0 aliphatic carbocycles. The normalized spacial score (nSPS) is 17.2. The van der Waals surface area contributed by atoms with Crippen LogP contribution in [0.25, 0.3) is 21.9 Å². The first kappa shape index (κ1) is 27.0. The van der Waals surface area contributed by atoms with E-state index in [1.54, 1.807) is 13.3 Å². The summed E-state index contributed by atoms with van der Waals surface area (Å²) in [5.41, 5.74) is 11.2. The summed E-state index contributed by atoms with van der Waals surface area (Å²) in [6, 6.07) is 8.84. The van der Waals surface area contributed by atoms with Crippen LogP contribution in [0.5, 0.6) is 0 Å². The number of aliphatic carboxylic acids is 1. The van der Waals surface area contributed by atoms with Gasteiger partial charge in [-0.25, -0.2) is 14.8 Å². The Morgan fingerprint density at radius 1 is 1.29 bits per heavy atom. The Morgan fingerprint density at radius 3 is 2.71 bits per heavy atom. The number of nitrogens with two attached hydrogens (primary N) is 1. The van der Waals surface area contributed by atoms with Gasteiger partial charge in [0.25, 0.3) is 0 Å². The first-order chi connectivity index (χ1) is 18.0. The summed E-state index contributed by atoms with van der Waals surface area (Å²) in [6.07, 6.45) is -0.208. The predicted molar refractivity (Wildman–Crippen MR) is 137 cm³/mol. The molecule has 38 heavy (non-hydrogen) atoms. The Hall–Kier alpha value is -4.08. The monoisotopic (exact) mass is 528 g/mol. The Labute approximate surface area is 216 Å². The van der Waals surface area contributed by atoms with Crippen LogP contribution in [0.3, 0.4) is 0 Å². The molecule has 0 radical (unpaired) electrons. The molecule has 0 amide bonds. The largest absolute Gasteiger partial charge is 0.490 e. The van der Waals surface area contributed by atoms with E-state index in [1.165, 1.54) is 0 Å². The van der Waals surface area contributed by atoms with Crippen LogP contribution in [0, 0.1) is 18.8 Å². The van der Waals surface area contributed by atoms with E-state index in [9.17, 15) is 13.2 Å². The van der Waals surface area contributed by atoms with Crippen molar-refractivity contribution in [1.29, 1.82) is 0 Å². The number of nitrogens with one attached hydrogen (secondary N) is 1. The topological polar surface area (TPSA) is 120 Å². The summed E-state index contributed by atoms with van der Waals surface area (Å²) in [7, 11) is 3.76. The van der Waals surface area contributed by atoms with Crippen LogP contribution in [0.4, 0.5) is 19.0 Å². The molecule has 1 saturated heterocycles. The van der Waals surface area contributed by atoms with Gasteiger partial charge in [0.1, 0.15) is 11.6 Å². The van der Waals surface area contributed by atoms with Gasteiger partial charge in [-0.05, 0) is 37.6 Å². The van der Waals surface area contributed by atoms with E-state index in [0.29, 0.717) is 24.5 Å². The fourth-order valence-electron chi connectivity index (χ4n) is 4.50. The van der Waals surface area contributed by atoms with Crippen LogP contribution in [0.2, 0.25) is 0 Å². The molecular weight excluding hydrogens is 501 g/mol. The predicted octanol–water partition coefficient (Wildman–Crippen LogP) is 3.40. The third kappa shape index (κ3) is 5.58. The zero-order valence-electron chi connectivity index (χ0n) is 21.0. The van der Waals surface area contributed by atoms with Crippen LogP contribution in [0.1, 0.15) is 29.4 Å². The van der Waals surface area contributed by atoms with Gasteiger partial charge in [-0.15, -0.1) is 0 Å². The number of carbonyl (C=O) groups is 1. The molecule has 4 heterocycles. The number of carboxylic acids is 1. The number of imidazole rings is 1. The number of fused-ring (bicyclic) bond motifs is 2. The van der Waals surface area contributed by atoms with Crippen molar-refractivity contribution in [2.24, 2.45) is 7.05 Å². The molecule has 1 aromatic carbocycles. The fraction of sp³-hybridized carbons (Fsp3) is 0.346. The standard InChI is InChI=1S/C24H26N6O.C2HF3O2/c1-15-28-20-10-16(5-7-21(20)29(15)2)4-6-17-13-30(19-11-18(14-31-3)27-12-19)22-8-9-26-24(25)23(17)22;3-2(4,5)1(6)7/h5,7-10,13,18-19,27H,11-12,14H2,1-3H3,(H2,25,26);(H,6,7)/t18-,19+;/m1./s1. The molecule has 3 aromatic heterocycles. The lowest BCUT2D eigenvalue weighted by Crippen LogP contribution is -2.25. The molecule has 0 unspecified atom stereocenters. The minimum Gasteiger partial charge on any atom is -0.475 e. The summed E-state index contributed by atoms with van der Waals surface area (Å²) < 4.78 is 41.4. The van der Waals surface area contributed by atoms with Crippen molar-refractivity contribution in [2.75, 3.05) is 26.0 Å². The highest BCUT2D eigenvalue weighted by atomic mass is 19.4. The molecule has 4 aromatic rings. The molecule has 2 atom stereocenters. The second kappa shape index (κ2) is 10.7. The first-order valence-corrected chi connectivity index (χ1v) is 11.7. The molecule has 5 rings (SSSR count). The van der Waals surface area contributed by atoms with Gasteiger partial charge in [-0.2, -0.15) is 13.2 Å². The van der Waals surface area contributed by atoms with Crippen molar-refractivity contribution in [3.63, 3.8) is 0 Å². The molecule has 4 N–H and O–H groups in total. The number of anilines is 1. The van der Waals surface area contributed by atoms with Crippen LogP contribution in [-0.4, -0.2) is 62.7 Å². The highest BCUT2D eigenvalue weighted by Crippen LogP contribution is 2.31. The maximum atomic E-state index is 10.6. The minimum atomic E-state index is -5.08. The molecule has 0 spiro atoms. The van der Waals surface area contributed by atoms with E-state index in [4.69, 9.17) is 20.4 Å². The number of nitrogen functional groups attached to an aromatic ring is 1. The molecule has 0 bridgehead atoms. The molecule has 1 aliphatic rings. The highest BCUT2D eigenvalue weighted by Gasteiger charge is 2.38. The summed E-state index contributed by atoms with van der Waals surface area (Å²) in [4.78, 5) is 17.8. The van der Waals surface area contributed by atoms with Crippen LogP contribution in [0.15, 0.2) is 36.7 Å². The molecular formula is C26H27F3N6O3. The second-order valence-electron chi connectivity index (χ2n) is 8.96. The van der Waals surface area contributed by atoms with Crippen molar-refractivity contribution in [3.05, 3.63) is 53.6 Å². The van der Waals surface area contributed by atoms with Crippen LogP contribution >= 0.6 is 0 Å². The lowest BCUT2D eigenvalue weighted by Gasteiger charge is -2.13. The van der Waals surface area contributed by atoms with Gasteiger partial charge in [-0.3, -0.25) is 0 Å². The maximum Gasteiger partial charge on any atom is 0.490 e. The van der Waals surface area contributed by atoms with E-state index in [-0.39, 0.29) is 0 Å². The van der Waals surface area contributed by atoms with Gasteiger partial charge in [-0.1, -0.05) is 11.8 Å². The number of alkyl halides is 3. The average molecular weight is 529 g/mol. The number of ether oxygens (including phenoxy) is 1. The number of aryl methyl sites for hydroxylation is 2. The highest BCUT2D eigenvalue weighted by molar-refractivity contribution is 5.95. The Balaban J connectivity index is 0.000000426. The van der Waals surface area contributed by atoms with Gasteiger partial charge < -0.3 is 30.0 Å². The van der Waals surface area contributed by atoms with Crippen LogP contribution < -0.4 is 11.1 Å². The van der Waals surface area contributed by atoms with E-state index in [1.807, 2.05) is 32.2 Å². The summed E-state index contributed by atoms with van der Waals surface area (Å²) in [5.74, 6) is 5.38. The quantitative estimate of drug-likeness (QED) is 0.349. The summed E-state index contributed by atoms with van der Waals surface area (Å²) in [6.45, 7) is 3.61. The van der Waals surface area contributed by atoms with Gasteiger partial charge in [0.2, 0.25) is 0 Å². The third-order valence-corrected chi connectivity index (χ3v) is 6.42. The SMILES string of the molecule is COC[C@H]1C[C@H](n2cc(C#Cc3ccc4c(c3)nc(C)n4C)c3c(N)nccc32)CN1.O=C(O)C(F)(F)F. The molecule has 12 heteroatoms. The Morgan fingerprint density at radius 2 is 2.03 bits per heavy atom. The first-order valence-electron chi connectivity index (χ1n) is 11.7. The van der Waals surface area contributed by atoms with E-state index >= 15 is 0 Å². The third-order valence-electron chi connectivity index (χ3n) is 6.42. The molecule has 0 saturated carbocycles. The van der Waals surface area contributed by atoms with Gasteiger partial charge in [0, 0.05) is 50.7 Å². The smallest absolute Gasteiger partial charge is 0.475 e. The number of hydrogen-bond donors (Lipinski definition) is 3. The number of rotatable bonds is 3. The van der Waals surface area contributed by atoms with Crippen LogP contribution in [-0.2, 0) is 16.6 Å². The number of hydrogen-bond acceptors (Lipinski definition) is 6. The Kier molecular flexibility index (Phi) is 7.61. The van der Waals surface area contributed by atoms with Crippen molar-refractivity contribution in [3.8, 4) is 11.8 Å². The maximum absolute atomic E-state index is 10.6. The van der Waals surface area contributed by atoms with E-state index in [2.05, 4.69) is 48.5 Å². The number of benzene rings is 1. The fourth-order valence-corrected chi connectivity index (χ4v) is 4.50. The second-order valence-corrected chi connectivity index (χ2v) is 8.96. The van der Waals surface area contributed by atoms with Crippen molar-refractivity contribution in [1.82, 2.24) is 24.4 Å². The van der Waals surface area contributed by atoms with Crippen molar-refractivity contribution >= 4 is 33.7 Å². The van der Waals surface area contributed by atoms with E-state index < -0.39 is 12.1 Å². The molecule has 1 aliphatic heterocycles. The Bertz CT molecular complexity index is 1550. The van der Waals surface area contributed by atoms with Gasteiger partial charge >= 0.3 is 12.1 Å². The summed E-state index contributed by atoms with van der Waals surface area (Å²) in [5, 5.41) is 11.6.